The summed E-state index contributed by atoms with van der Waals surface area (Å²) >= 11 is 0. The van der Waals surface area contributed by atoms with Crippen molar-refractivity contribution in [2.75, 3.05) is 18.1 Å². The summed E-state index contributed by atoms with van der Waals surface area (Å²) in [6.45, 7) is 9.05. The van der Waals surface area contributed by atoms with E-state index in [0.717, 1.165) is 11.3 Å². The number of hydrogen-bond acceptors (Lipinski definition) is 7. The van der Waals surface area contributed by atoms with Gasteiger partial charge in [0.2, 0.25) is 0 Å². The number of aryl methyl sites for hydroxylation is 1. The van der Waals surface area contributed by atoms with Gasteiger partial charge in [0.25, 0.3) is 5.69 Å². The summed E-state index contributed by atoms with van der Waals surface area (Å²) in [5, 5.41) is 11.9. The zero-order valence-electron chi connectivity index (χ0n) is 20.0. The molecule has 1 aliphatic rings. The van der Waals surface area contributed by atoms with Crippen molar-refractivity contribution in [2.45, 2.75) is 40.5 Å². The monoisotopic (exact) mass is 464 g/mol. The van der Waals surface area contributed by atoms with E-state index >= 15 is 0 Å². The Morgan fingerprint density at radius 2 is 1.38 bits per heavy atom. The van der Waals surface area contributed by atoms with Crippen LogP contribution in [-0.4, -0.2) is 30.1 Å². The molecule has 0 spiro atoms. The number of benzene rings is 2. The van der Waals surface area contributed by atoms with E-state index in [2.05, 4.69) is 0 Å². The number of para-hydroxylation sites is 1. The Morgan fingerprint density at radius 3 is 1.85 bits per heavy atom. The lowest BCUT2D eigenvalue weighted by molar-refractivity contribution is -0.385. The molecule has 0 saturated carbocycles. The van der Waals surface area contributed by atoms with E-state index in [1.807, 2.05) is 31.2 Å². The van der Waals surface area contributed by atoms with Crippen LogP contribution in [0.15, 0.2) is 71.1 Å². The van der Waals surface area contributed by atoms with E-state index in [9.17, 15) is 19.7 Å². The number of allylic oxidation sites excluding steroid dienone is 2. The molecule has 1 aliphatic heterocycles. The summed E-state index contributed by atoms with van der Waals surface area (Å²) < 4.78 is 10.7. The SMILES string of the molecule is CCOC(=O)C1=C(C)N(c2ccc(C)cc2)C(C)=C(C(=O)OCC)C1c1ccccc1[N+](=O)[O-]. The molecule has 0 aliphatic carbocycles. The number of nitro benzene ring substituents is 1. The lowest BCUT2D eigenvalue weighted by Gasteiger charge is -2.37. The van der Waals surface area contributed by atoms with E-state index < -0.39 is 22.8 Å². The topological polar surface area (TPSA) is 99.0 Å². The standard InChI is InChI=1S/C26H28N2O6/c1-6-33-25(29)22-17(4)27(19-14-12-16(3)13-15-19)18(5)23(26(30)34-7-2)24(22)20-10-8-9-11-21(20)28(31)32/h8-15,24H,6-7H2,1-5H3. The Kier molecular flexibility index (Phi) is 7.50. The van der Waals surface area contributed by atoms with Crippen molar-refractivity contribution in [3.05, 3.63) is 92.3 Å². The van der Waals surface area contributed by atoms with Crippen LogP contribution in [0.1, 0.15) is 44.7 Å². The Bertz CT molecular complexity index is 1140. The van der Waals surface area contributed by atoms with Crippen LogP contribution < -0.4 is 4.90 Å². The van der Waals surface area contributed by atoms with Crippen LogP contribution >= 0.6 is 0 Å². The van der Waals surface area contributed by atoms with Crippen LogP contribution in [0.4, 0.5) is 11.4 Å². The van der Waals surface area contributed by atoms with Gasteiger partial charge in [0.05, 0.1) is 35.2 Å². The normalized spacial score (nSPS) is 14.3. The molecule has 1 heterocycles. The summed E-state index contributed by atoms with van der Waals surface area (Å²) in [6.07, 6.45) is 0. The van der Waals surface area contributed by atoms with Crippen LogP contribution in [0.3, 0.4) is 0 Å². The molecule has 0 radical (unpaired) electrons. The first-order valence-electron chi connectivity index (χ1n) is 11.1. The molecule has 2 aromatic carbocycles. The van der Waals surface area contributed by atoms with Gasteiger partial charge in [0.1, 0.15) is 0 Å². The number of rotatable bonds is 7. The summed E-state index contributed by atoms with van der Waals surface area (Å²) in [6, 6.07) is 13.7. The third kappa shape index (κ3) is 4.57. The van der Waals surface area contributed by atoms with E-state index in [-0.39, 0.29) is 35.6 Å². The van der Waals surface area contributed by atoms with Gasteiger partial charge in [-0.15, -0.1) is 0 Å². The number of carbonyl (C=O) groups excluding carboxylic acids is 2. The average Bonchev–Trinajstić information content (AvgIpc) is 2.80. The minimum Gasteiger partial charge on any atom is -0.463 e. The van der Waals surface area contributed by atoms with Gasteiger partial charge in [-0.05, 0) is 46.8 Å². The molecule has 34 heavy (non-hydrogen) atoms. The minimum atomic E-state index is -1.03. The lowest BCUT2D eigenvalue weighted by atomic mass is 9.79. The highest BCUT2D eigenvalue weighted by Crippen LogP contribution is 2.46. The number of anilines is 1. The Balaban J connectivity index is 2.39. The van der Waals surface area contributed by atoms with Crippen molar-refractivity contribution in [2.24, 2.45) is 0 Å². The van der Waals surface area contributed by atoms with Crippen molar-refractivity contribution < 1.29 is 24.0 Å². The van der Waals surface area contributed by atoms with Crippen LogP contribution in [0, 0.1) is 17.0 Å². The molecule has 8 nitrogen and oxygen atoms in total. The fourth-order valence-electron chi connectivity index (χ4n) is 4.29. The zero-order valence-corrected chi connectivity index (χ0v) is 20.0. The highest BCUT2D eigenvalue weighted by Gasteiger charge is 2.43. The van der Waals surface area contributed by atoms with Crippen molar-refractivity contribution in [1.82, 2.24) is 0 Å². The molecule has 0 atom stereocenters. The maximum Gasteiger partial charge on any atom is 0.336 e. The quantitative estimate of drug-likeness (QED) is 0.316. The second-order valence-electron chi connectivity index (χ2n) is 7.86. The predicted molar refractivity (Wildman–Crippen MR) is 128 cm³/mol. The number of nitro groups is 1. The third-order valence-corrected chi connectivity index (χ3v) is 5.76. The maximum absolute atomic E-state index is 13.3. The molecule has 0 aromatic heterocycles. The average molecular weight is 465 g/mol. The molecule has 0 fully saturated rings. The summed E-state index contributed by atoms with van der Waals surface area (Å²) in [5.41, 5.74) is 3.19. The molecular formula is C26H28N2O6. The van der Waals surface area contributed by atoms with E-state index in [0.29, 0.717) is 11.4 Å². The van der Waals surface area contributed by atoms with Gasteiger partial charge in [-0.1, -0.05) is 35.9 Å². The Hall–Kier alpha value is -3.94. The molecule has 0 amide bonds. The fraction of sp³-hybridized carbons (Fsp3) is 0.308. The molecule has 0 unspecified atom stereocenters. The number of nitrogens with zero attached hydrogens (tertiary/aromatic N) is 2. The van der Waals surface area contributed by atoms with E-state index in [1.54, 1.807) is 50.8 Å². The largest absolute Gasteiger partial charge is 0.463 e. The highest BCUT2D eigenvalue weighted by molar-refractivity contribution is 6.02. The summed E-state index contributed by atoms with van der Waals surface area (Å²) in [7, 11) is 0. The van der Waals surface area contributed by atoms with Crippen LogP contribution in [0.25, 0.3) is 0 Å². The Labute approximate surface area is 198 Å². The number of esters is 2. The fourth-order valence-corrected chi connectivity index (χ4v) is 4.29. The van der Waals surface area contributed by atoms with Gasteiger partial charge in [-0.25, -0.2) is 9.59 Å². The molecular weight excluding hydrogens is 436 g/mol. The summed E-state index contributed by atoms with van der Waals surface area (Å²) in [5.74, 6) is -2.31. The molecule has 178 valence electrons. The van der Waals surface area contributed by atoms with Gasteiger partial charge in [-0.3, -0.25) is 10.1 Å². The second-order valence-corrected chi connectivity index (χ2v) is 7.86. The van der Waals surface area contributed by atoms with Gasteiger partial charge in [-0.2, -0.15) is 0 Å². The number of ether oxygens (including phenoxy) is 2. The first-order valence-corrected chi connectivity index (χ1v) is 11.1. The minimum absolute atomic E-state index is 0.112. The third-order valence-electron chi connectivity index (χ3n) is 5.76. The highest BCUT2D eigenvalue weighted by atomic mass is 16.6. The lowest BCUT2D eigenvalue weighted by Crippen LogP contribution is -2.35. The van der Waals surface area contributed by atoms with Gasteiger partial charge >= 0.3 is 11.9 Å². The van der Waals surface area contributed by atoms with Crippen molar-refractivity contribution in [3.63, 3.8) is 0 Å². The van der Waals surface area contributed by atoms with E-state index in [4.69, 9.17) is 9.47 Å². The van der Waals surface area contributed by atoms with Crippen LogP contribution in [0.2, 0.25) is 0 Å². The van der Waals surface area contributed by atoms with Crippen LogP contribution in [0.5, 0.6) is 0 Å². The van der Waals surface area contributed by atoms with Gasteiger partial charge in [0, 0.05) is 28.7 Å². The van der Waals surface area contributed by atoms with Crippen molar-refractivity contribution in [1.29, 1.82) is 0 Å². The van der Waals surface area contributed by atoms with E-state index in [1.165, 1.54) is 6.07 Å². The van der Waals surface area contributed by atoms with Crippen LogP contribution in [-0.2, 0) is 19.1 Å². The first-order chi connectivity index (χ1) is 16.2. The van der Waals surface area contributed by atoms with Crippen molar-refractivity contribution in [3.8, 4) is 0 Å². The zero-order chi connectivity index (χ0) is 25.0. The smallest absolute Gasteiger partial charge is 0.336 e. The molecule has 0 bridgehead atoms. The molecule has 3 rings (SSSR count). The van der Waals surface area contributed by atoms with Gasteiger partial charge in [0.15, 0.2) is 0 Å². The molecule has 8 heteroatoms. The maximum atomic E-state index is 13.3. The molecule has 2 aromatic rings. The molecule has 0 N–H and O–H groups in total. The summed E-state index contributed by atoms with van der Waals surface area (Å²) in [4.78, 5) is 39.7. The van der Waals surface area contributed by atoms with Crippen molar-refractivity contribution >= 4 is 23.3 Å². The number of carbonyl (C=O) groups is 2. The first kappa shape index (κ1) is 24.7. The number of hydrogen-bond donors (Lipinski definition) is 0. The Morgan fingerprint density at radius 1 is 0.882 bits per heavy atom. The molecule has 0 saturated heterocycles. The predicted octanol–water partition coefficient (Wildman–Crippen LogP) is 5.18. The second kappa shape index (κ2) is 10.3. The van der Waals surface area contributed by atoms with Gasteiger partial charge < -0.3 is 14.4 Å².